The number of fused-ring (bicyclic) bond motifs is 1. The quantitative estimate of drug-likeness (QED) is 0.397. The number of nitrogens with zero attached hydrogens (tertiary/aromatic N) is 6. The fourth-order valence-corrected chi connectivity index (χ4v) is 6.33. The number of cyclic esters (lactones) is 1. The summed E-state index contributed by atoms with van der Waals surface area (Å²) in [5, 5.41) is 1.32. The molecule has 11 nitrogen and oxygen atoms in total. The van der Waals surface area contributed by atoms with Crippen LogP contribution < -0.4 is 16.2 Å². The van der Waals surface area contributed by atoms with Crippen LogP contribution in [0.4, 0.5) is 10.6 Å². The lowest BCUT2D eigenvalue weighted by atomic mass is 9.72. The van der Waals surface area contributed by atoms with Gasteiger partial charge in [0.15, 0.2) is 0 Å². The SMILES string of the molecule is CO[C@@H](C)[C@@H](N)C1(C)CCN(c2cnc(Sc3ccc4ncn(CCN5CCOC5=O)c(=O)c4c3Cl)cn2)CC1. The normalized spacial score (nSPS) is 18.7. The van der Waals surface area contributed by atoms with E-state index in [0.717, 1.165) is 31.7 Å². The molecular weight excluding hydrogens is 554 g/mol. The van der Waals surface area contributed by atoms with E-state index in [0.29, 0.717) is 52.1 Å². The maximum atomic E-state index is 13.2. The van der Waals surface area contributed by atoms with Crippen molar-refractivity contribution in [2.45, 2.75) is 55.3 Å². The monoisotopic (exact) mass is 587 g/mol. The first kappa shape index (κ1) is 28.6. The molecule has 4 heterocycles. The van der Waals surface area contributed by atoms with Crippen LogP contribution in [0.15, 0.2) is 45.6 Å². The van der Waals surface area contributed by atoms with E-state index in [2.05, 4.69) is 26.8 Å². The van der Waals surface area contributed by atoms with Gasteiger partial charge in [-0.2, -0.15) is 0 Å². The van der Waals surface area contributed by atoms with Gasteiger partial charge in [0.2, 0.25) is 0 Å². The number of aromatic nitrogens is 4. The van der Waals surface area contributed by atoms with E-state index in [1.165, 1.54) is 22.7 Å². The highest BCUT2D eigenvalue weighted by atomic mass is 35.5. The number of rotatable bonds is 9. The molecule has 3 aromatic rings. The molecule has 2 aliphatic heterocycles. The molecule has 0 radical (unpaired) electrons. The summed E-state index contributed by atoms with van der Waals surface area (Å²) < 4.78 is 11.9. The van der Waals surface area contributed by atoms with Crippen LogP contribution in [0.1, 0.15) is 26.7 Å². The molecule has 0 aliphatic carbocycles. The third kappa shape index (κ3) is 5.76. The number of carbonyl (C=O) groups is 1. The van der Waals surface area contributed by atoms with Crippen LogP contribution in [0.25, 0.3) is 10.9 Å². The third-order valence-electron chi connectivity index (χ3n) is 8.09. The van der Waals surface area contributed by atoms with Crippen LogP contribution in [0, 0.1) is 5.41 Å². The van der Waals surface area contributed by atoms with Gasteiger partial charge in [0.05, 0.1) is 47.3 Å². The number of benzene rings is 1. The van der Waals surface area contributed by atoms with E-state index >= 15 is 0 Å². The topological polar surface area (TPSA) is 129 Å². The number of methoxy groups -OCH3 is 1. The number of carbonyl (C=O) groups excluding carboxylic acids is 1. The second-order valence-electron chi connectivity index (χ2n) is 10.5. The minimum absolute atomic E-state index is 0.00365. The Hall–Kier alpha value is -2.93. The minimum atomic E-state index is -0.370. The Balaban J connectivity index is 1.27. The summed E-state index contributed by atoms with van der Waals surface area (Å²) in [5.41, 5.74) is 6.75. The molecule has 40 heavy (non-hydrogen) atoms. The predicted octanol–water partition coefficient (Wildman–Crippen LogP) is 3.41. The van der Waals surface area contributed by atoms with Gasteiger partial charge in [-0.3, -0.25) is 9.36 Å². The summed E-state index contributed by atoms with van der Waals surface area (Å²) in [6.45, 7) is 7.46. The fourth-order valence-electron chi connectivity index (χ4n) is 5.21. The first-order valence-corrected chi connectivity index (χ1v) is 14.5. The van der Waals surface area contributed by atoms with E-state index < -0.39 is 0 Å². The zero-order chi connectivity index (χ0) is 28.4. The van der Waals surface area contributed by atoms with Crippen molar-refractivity contribution in [2.24, 2.45) is 11.1 Å². The highest BCUT2D eigenvalue weighted by molar-refractivity contribution is 7.99. The lowest BCUT2D eigenvalue weighted by Crippen LogP contribution is -2.53. The number of piperidine rings is 1. The molecule has 2 saturated heterocycles. The molecule has 1 aromatic carbocycles. The molecular formula is C27H34ClN7O4S. The van der Waals surface area contributed by atoms with Crippen LogP contribution in [0.3, 0.4) is 0 Å². The summed E-state index contributed by atoms with van der Waals surface area (Å²) in [6, 6.07) is 3.58. The molecule has 2 atom stereocenters. The van der Waals surface area contributed by atoms with Gasteiger partial charge in [0.1, 0.15) is 17.5 Å². The smallest absolute Gasteiger partial charge is 0.410 e. The standard InChI is InChI=1S/C27H34ClN7O4S/c1-17(38-3)24(29)27(2)6-8-33(9-7-27)20-14-31-21(15-30-20)40-19-5-4-18-22(23(19)28)25(36)35(16-32-18)11-10-34-12-13-39-26(34)37/h4-5,14-17,24H,6-13,29H2,1-3H3/t17-,24+/m0/s1. The van der Waals surface area contributed by atoms with Crippen molar-refractivity contribution < 1.29 is 14.3 Å². The summed E-state index contributed by atoms with van der Waals surface area (Å²) in [5.74, 6) is 0.818. The maximum absolute atomic E-state index is 13.2. The average Bonchev–Trinajstić information content (AvgIpc) is 3.38. The Morgan fingerprint density at radius 3 is 2.58 bits per heavy atom. The number of ether oxygens (including phenoxy) is 2. The highest BCUT2D eigenvalue weighted by Gasteiger charge is 2.38. The Bertz CT molecular complexity index is 1430. The molecule has 0 bridgehead atoms. The van der Waals surface area contributed by atoms with Gasteiger partial charge in [-0.1, -0.05) is 30.3 Å². The zero-order valence-corrected chi connectivity index (χ0v) is 24.5. The first-order chi connectivity index (χ1) is 19.2. The lowest BCUT2D eigenvalue weighted by Gasteiger charge is -2.44. The van der Waals surface area contributed by atoms with Crippen LogP contribution >= 0.6 is 23.4 Å². The summed E-state index contributed by atoms with van der Waals surface area (Å²) in [4.78, 5) is 43.1. The van der Waals surface area contributed by atoms with Gasteiger partial charge in [0.25, 0.3) is 5.56 Å². The molecule has 2 fully saturated rings. The van der Waals surface area contributed by atoms with Crippen molar-refractivity contribution in [1.29, 1.82) is 0 Å². The number of nitrogens with two attached hydrogens (primary N) is 1. The summed E-state index contributed by atoms with van der Waals surface area (Å²) in [6.07, 6.45) is 6.50. The third-order valence-corrected chi connectivity index (χ3v) is 9.58. The number of halogens is 1. The van der Waals surface area contributed by atoms with Gasteiger partial charge < -0.3 is 25.0 Å². The second kappa shape index (κ2) is 11.9. The molecule has 0 spiro atoms. The van der Waals surface area contributed by atoms with Gasteiger partial charge in [-0.05, 0) is 37.3 Å². The number of anilines is 1. The number of amides is 1. The van der Waals surface area contributed by atoms with Crippen molar-refractivity contribution in [2.75, 3.05) is 44.8 Å². The van der Waals surface area contributed by atoms with Crippen LogP contribution in [0.2, 0.25) is 5.02 Å². The molecule has 2 aromatic heterocycles. The Morgan fingerprint density at radius 2 is 1.93 bits per heavy atom. The van der Waals surface area contributed by atoms with Crippen molar-refractivity contribution >= 4 is 46.2 Å². The summed E-state index contributed by atoms with van der Waals surface area (Å²) in [7, 11) is 1.70. The van der Waals surface area contributed by atoms with E-state index in [9.17, 15) is 9.59 Å². The molecule has 214 valence electrons. The molecule has 1 amide bonds. The maximum Gasteiger partial charge on any atom is 0.410 e. The Morgan fingerprint density at radius 1 is 1.15 bits per heavy atom. The fraction of sp³-hybridized carbons (Fsp3) is 0.519. The number of hydrogen-bond acceptors (Lipinski definition) is 10. The van der Waals surface area contributed by atoms with Crippen molar-refractivity contribution in [1.82, 2.24) is 24.4 Å². The molecule has 5 rings (SSSR count). The molecule has 13 heteroatoms. The van der Waals surface area contributed by atoms with E-state index in [-0.39, 0.29) is 29.2 Å². The van der Waals surface area contributed by atoms with E-state index in [1.54, 1.807) is 30.5 Å². The summed E-state index contributed by atoms with van der Waals surface area (Å²) >= 11 is 8.07. The van der Waals surface area contributed by atoms with E-state index in [1.807, 2.05) is 13.0 Å². The highest BCUT2D eigenvalue weighted by Crippen LogP contribution is 2.38. The first-order valence-electron chi connectivity index (χ1n) is 13.3. The van der Waals surface area contributed by atoms with Crippen LogP contribution in [-0.2, 0) is 16.0 Å². The van der Waals surface area contributed by atoms with Crippen LogP contribution in [0.5, 0.6) is 0 Å². The van der Waals surface area contributed by atoms with Crippen molar-refractivity contribution in [3.63, 3.8) is 0 Å². The zero-order valence-electron chi connectivity index (χ0n) is 22.9. The van der Waals surface area contributed by atoms with Crippen molar-refractivity contribution in [3.05, 3.63) is 46.2 Å². The van der Waals surface area contributed by atoms with Crippen molar-refractivity contribution in [3.8, 4) is 0 Å². The molecule has 0 unspecified atom stereocenters. The molecule has 0 saturated carbocycles. The van der Waals surface area contributed by atoms with Gasteiger partial charge in [0, 0.05) is 44.2 Å². The van der Waals surface area contributed by atoms with Crippen LogP contribution in [-0.4, -0.2) is 82.6 Å². The average molecular weight is 588 g/mol. The Kier molecular flexibility index (Phi) is 8.50. The molecule has 2 aliphatic rings. The van der Waals surface area contributed by atoms with Gasteiger partial charge in [-0.25, -0.2) is 19.7 Å². The van der Waals surface area contributed by atoms with E-state index in [4.69, 9.17) is 26.8 Å². The number of hydrogen-bond donors (Lipinski definition) is 1. The predicted molar refractivity (Wildman–Crippen MR) is 154 cm³/mol. The minimum Gasteiger partial charge on any atom is -0.448 e. The second-order valence-corrected chi connectivity index (χ2v) is 12.0. The molecule has 2 N–H and O–H groups in total. The van der Waals surface area contributed by atoms with Gasteiger partial charge >= 0.3 is 6.09 Å². The lowest BCUT2D eigenvalue weighted by molar-refractivity contribution is 0.0359. The Labute approximate surface area is 242 Å². The van der Waals surface area contributed by atoms with Gasteiger partial charge in [-0.15, -0.1) is 0 Å². The largest absolute Gasteiger partial charge is 0.448 e.